The lowest BCUT2D eigenvalue weighted by molar-refractivity contribution is -0.136. The van der Waals surface area contributed by atoms with Gasteiger partial charge in [-0.3, -0.25) is 9.59 Å². The number of aryl methyl sites for hydroxylation is 1. The van der Waals surface area contributed by atoms with Gasteiger partial charge in [-0.1, -0.05) is 36.4 Å². The zero-order chi connectivity index (χ0) is 15.7. The van der Waals surface area contributed by atoms with E-state index >= 15 is 0 Å². The third kappa shape index (κ3) is 2.63. The molecule has 0 aliphatic heterocycles. The average molecular weight is 294 g/mol. The van der Waals surface area contributed by atoms with Gasteiger partial charge in [0.2, 0.25) is 0 Å². The molecule has 0 unspecified atom stereocenters. The standard InChI is InChI=1S/C18H14O4/c1-11-7-13(9-17(20)21)18-14(8-11)15(19)10-16(22-18)12-5-3-2-4-6-12/h2-8,10H,9H2,1H3,(H,20,21). The summed E-state index contributed by atoms with van der Waals surface area (Å²) in [5.74, 6) is -0.520. The monoisotopic (exact) mass is 294 g/mol. The van der Waals surface area contributed by atoms with Crippen LogP contribution >= 0.6 is 0 Å². The van der Waals surface area contributed by atoms with Gasteiger partial charge in [0.05, 0.1) is 11.8 Å². The van der Waals surface area contributed by atoms with Gasteiger partial charge >= 0.3 is 5.97 Å². The molecule has 22 heavy (non-hydrogen) atoms. The smallest absolute Gasteiger partial charge is 0.307 e. The van der Waals surface area contributed by atoms with Crippen LogP contribution in [0.2, 0.25) is 0 Å². The molecule has 3 aromatic rings. The molecule has 4 heteroatoms. The Morgan fingerprint density at radius 3 is 2.55 bits per heavy atom. The summed E-state index contributed by atoms with van der Waals surface area (Å²) in [7, 11) is 0. The molecule has 0 amide bonds. The highest BCUT2D eigenvalue weighted by molar-refractivity contribution is 5.85. The normalized spacial score (nSPS) is 10.8. The second-order valence-corrected chi connectivity index (χ2v) is 5.21. The van der Waals surface area contributed by atoms with Crippen LogP contribution in [0.4, 0.5) is 0 Å². The van der Waals surface area contributed by atoms with Crippen molar-refractivity contribution in [2.75, 3.05) is 0 Å². The largest absolute Gasteiger partial charge is 0.481 e. The summed E-state index contributed by atoms with van der Waals surface area (Å²) in [6, 6.07) is 14.2. The second-order valence-electron chi connectivity index (χ2n) is 5.21. The predicted octanol–water partition coefficient (Wildman–Crippen LogP) is 3.40. The number of carbonyl (C=O) groups is 1. The Labute approximate surface area is 126 Å². The van der Waals surface area contributed by atoms with Gasteiger partial charge in [0.1, 0.15) is 11.3 Å². The summed E-state index contributed by atoms with van der Waals surface area (Å²) in [6.45, 7) is 1.83. The Balaban J connectivity index is 2.30. The van der Waals surface area contributed by atoms with Crippen LogP contribution in [0.5, 0.6) is 0 Å². The minimum atomic E-state index is -0.959. The Morgan fingerprint density at radius 1 is 1.14 bits per heavy atom. The molecule has 0 bridgehead atoms. The number of rotatable bonds is 3. The number of fused-ring (bicyclic) bond motifs is 1. The van der Waals surface area contributed by atoms with Gasteiger partial charge in [0, 0.05) is 17.2 Å². The molecular formula is C18H14O4. The summed E-state index contributed by atoms with van der Waals surface area (Å²) < 4.78 is 5.85. The first-order valence-corrected chi connectivity index (χ1v) is 6.89. The second kappa shape index (κ2) is 5.48. The summed E-state index contributed by atoms with van der Waals surface area (Å²) in [4.78, 5) is 23.4. The Morgan fingerprint density at radius 2 is 1.86 bits per heavy atom. The highest BCUT2D eigenvalue weighted by Gasteiger charge is 2.13. The van der Waals surface area contributed by atoms with Gasteiger partial charge in [-0.2, -0.15) is 0 Å². The van der Waals surface area contributed by atoms with E-state index in [4.69, 9.17) is 9.52 Å². The van der Waals surface area contributed by atoms with Crippen LogP contribution in [-0.4, -0.2) is 11.1 Å². The fourth-order valence-corrected chi connectivity index (χ4v) is 2.53. The van der Waals surface area contributed by atoms with Crippen LogP contribution in [0, 0.1) is 6.92 Å². The van der Waals surface area contributed by atoms with E-state index in [0.717, 1.165) is 11.1 Å². The number of benzene rings is 2. The van der Waals surface area contributed by atoms with Crippen molar-refractivity contribution in [3.05, 3.63) is 69.9 Å². The maximum Gasteiger partial charge on any atom is 0.307 e. The van der Waals surface area contributed by atoms with E-state index < -0.39 is 5.97 Å². The maximum atomic E-state index is 12.4. The first-order chi connectivity index (χ1) is 10.5. The lowest BCUT2D eigenvalue weighted by atomic mass is 10.0. The summed E-state index contributed by atoms with van der Waals surface area (Å²) in [5, 5.41) is 9.47. The molecule has 1 N–H and O–H groups in total. The molecule has 0 saturated carbocycles. The van der Waals surface area contributed by atoms with Crippen molar-refractivity contribution in [3.63, 3.8) is 0 Å². The number of carboxylic acids is 1. The highest BCUT2D eigenvalue weighted by Crippen LogP contribution is 2.25. The third-order valence-corrected chi connectivity index (χ3v) is 3.45. The lowest BCUT2D eigenvalue weighted by Crippen LogP contribution is -2.06. The summed E-state index contributed by atoms with van der Waals surface area (Å²) in [6.07, 6.45) is -0.181. The molecule has 2 aromatic carbocycles. The van der Waals surface area contributed by atoms with Crippen molar-refractivity contribution in [1.29, 1.82) is 0 Å². The maximum absolute atomic E-state index is 12.4. The Kier molecular flexibility index (Phi) is 3.51. The van der Waals surface area contributed by atoms with E-state index in [9.17, 15) is 9.59 Å². The van der Waals surface area contributed by atoms with Gasteiger partial charge in [-0.15, -0.1) is 0 Å². The predicted molar refractivity (Wildman–Crippen MR) is 84.0 cm³/mol. The van der Waals surface area contributed by atoms with E-state index in [1.54, 1.807) is 12.1 Å². The van der Waals surface area contributed by atoms with E-state index in [1.807, 2.05) is 37.3 Å². The van der Waals surface area contributed by atoms with Crippen LogP contribution in [0.3, 0.4) is 0 Å². The summed E-state index contributed by atoms with van der Waals surface area (Å²) >= 11 is 0. The highest BCUT2D eigenvalue weighted by atomic mass is 16.4. The minimum Gasteiger partial charge on any atom is -0.481 e. The molecule has 110 valence electrons. The molecule has 0 fully saturated rings. The molecule has 0 radical (unpaired) electrons. The zero-order valence-electron chi connectivity index (χ0n) is 12.0. The number of hydrogen-bond donors (Lipinski definition) is 1. The molecule has 0 aliphatic carbocycles. The molecule has 0 aliphatic rings. The van der Waals surface area contributed by atoms with Gasteiger partial charge in [0.25, 0.3) is 0 Å². The minimum absolute atomic E-state index is 0.171. The molecule has 0 spiro atoms. The first kappa shape index (κ1) is 14.1. The number of carboxylic acid groups (broad SMARTS) is 1. The van der Waals surface area contributed by atoms with Gasteiger partial charge in [-0.05, 0) is 18.6 Å². The zero-order valence-corrected chi connectivity index (χ0v) is 12.0. The van der Waals surface area contributed by atoms with Crippen molar-refractivity contribution < 1.29 is 14.3 Å². The molecule has 4 nitrogen and oxygen atoms in total. The third-order valence-electron chi connectivity index (χ3n) is 3.45. The van der Waals surface area contributed by atoms with E-state index in [-0.39, 0.29) is 11.8 Å². The number of aliphatic carboxylic acids is 1. The van der Waals surface area contributed by atoms with Gasteiger partial charge in [0.15, 0.2) is 5.43 Å². The van der Waals surface area contributed by atoms with E-state index in [0.29, 0.717) is 22.3 Å². The van der Waals surface area contributed by atoms with Gasteiger partial charge in [-0.25, -0.2) is 0 Å². The first-order valence-electron chi connectivity index (χ1n) is 6.89. The summed E-state index contributed by atoms with van der Waals surface area (Å²) in [5.41, 5.74) is 2.30. The average Bonchev–Trinajstić information content (AvgIpc) is 2.48. The molecular weight excluding hydrogens is 280 g/mol. The molecule has 0 saturated heterocycles. The lowest BCUT2D eigenvalue weighted by Gasteiger charge is -2.08. The Bertz CT molecular complexity index is 908. The SMILES string of the molecule is Cc1cc(CC(=O)O)c2oc(-c3ccccc3)cc(=O)c2c1. The van der Waals surface area contributed by atoms with Crippen molar-refractivity contribution in [2.24, 2.45) is 0 Å². The fraction of sp³-hybridized carbons (Fsp3) is 0.111. The fourth-order valence-electron chi connectivity index (χ4n) is 2.53. The van der Waals surface area contributed by atoms with Crippen LogP contribution in [0.25, 0.3) is 22.3 Å². The molecule has 1 aromatic heterocycles. The van der Waals surface area contributed by atoms with E-state index in [2.05, 4.69) is 0 Å². The van der Waals surface area contributed by atoms with Crippen LogP contribution in [0.15, 0.2) is 57.7 Å². The van der Waals surface area contributed by atoms with Crippen molar-refractivity contribution in [3.8, 4) is 11.3 Å². The van der Waals surface area contributed by atoms with E-state index in [1.165, 1.54) is 6.07 Å². The van der Waals surface area contributed by atoms with Crippen molar-refractivity contribution >= 4 is 16.9 Å². The quantitative estimate of drug-likeness (QED) is 0.804. The molecule has 0 atom stereocenters. The topological polar surface area (TPSA) is 67.5 Å². The number of hydrogen-bond acceptors (Lipinski definition) is 3. The van der Waals surface area contributed by atoms with Crippen LogP contribution in [-0.2, 0) is 11.2 Å². The van der Waals surface area contributed by atoms with Crippen LogP contribution < -0.4 is 5.43 Å². The van der Waals surface area contributed by atoms with Crippen molar-refractivity contribution in [2.45, 2.75) is 13.3 Å². The van der Waals surface area contributed by atoms with Gasteiger partial charge < -0.3 is 9.52 Å². The molecule has 1 heterocycles. The van der Waals surface area contributed by atoms with Crippen LogP contribution in [0.1, 0.15) is 11.1 Å². The van der Waals surface area contributed by atoms with Crippen molar-refractivity contribution in [1.82, 2.24) is 0 Å². The Hall–Kier alpha value is -2.88. The molecule has 3 rings (SSSR count).